The summed E-state index contributed by atoms with van der Waals surface area (Å²) in [4.78, 5) is 39.3. The molecule has 4 rings (SSSR count). The summed E-state index contributed by atoms with van der Waals surface area (Å²) in [6.45, 7) is 0.983. The molecule has 2 heterocycles. The van der Waals surface area contributed by atoms with Gasteiger partial charge in [-0.3, -0.25) is 14.4 Å². The molecule has 8 nitrogen and oxygen atoms in total. The molecule has 1 saturated heterocycles. The summed E-state index contributed by atoms with van der Waals surface area (Å²) in [5.41, 5.74) is 6.20. The molecule has 172 valence electrons. The molecule has 1 aliphatic carbocycles. The summed E-state index contributed by atoms with van der Waals surface area (Å²) in [6.07, 6.45) is 9.48. The Labute approximate surface area is 197 Å². The lowest BCUT2D eigenvalue weighted by atomic mass is 9.97. The zero-order valence-electron chi connectivity index (χ0n) is 18.2. The van der Waals surface area contributed by atoms with Crippen molar-refractivity contribution in [3.63, 3.8) is 0 Å². The first-order valence-electron chi connectivity index (χ1n) is 11.0. The number of nitrogens with zero attached hydrogens (tertiary/aromatic N) is 3. The number of primary amides is 1. The quantitative estimate of drug-likeness (QED) is 0.574. The highest BCUT2D eigenvalue weighted by atomic mass is 35.5. The number of likely N-dealkylation sites (tertiary alicyclic amines) is 1. The standard InChI is InChI=1S/C24H26ClN5O3/c1-2-17(13-20(26)31)28-22(32)19-9-6-12-29(19)23(33)24(10-11-24)18-14-27-30(21(18)25)15-16-7-4-3-5-8-16/h1,3-5,7-8,14,17,19H,6,9-13,15H2,(H2,26,31)(H,28,32)/t17-,19?/m1/s1. The van der Waals surface area contributed by atoms with Crippen LogP contribution in [0.4, 0.5) is 0 Å². The monoisotopic (exact) mass is 467 g/mol. The first kappa shape index (κ1) is 22.9. The van der Waals surface area contributed by atoms with Crippen molar-refractivity contribution in [3.8, 4) is 12.3 Å². The molecular weight excluding hydrogens is 442 g/mol. The van der Waals surface area contributed by atoms with Crippen molar-refractivity contribution >= 4 is 29.3 Å². The molecule has 9 heteroatoms. The predicted molar refractivity (Wildman–Crippen MR) is 123 cm³/mol. The summed E-state index contributed by atoms with van der Waals surface area (Å²) in [5, 5.41) is 7.54. The molecule has 0 spiro atoms. The van der Waals surface area contributed by atoms with Gasteiger partial charge in [0.1, 0.15) is 11.2 Å². The molecule has 0 bridgehead atoms. The normalized spacial score (nSPS) is 19.5. The van der Waals surface area contributed by atoms with Gasteiger partial charge < -0.3 is 16.0 Å². The van der Waals surface area contributed by atoms with Crippen molar-refractivity contribution in [1.82, 2.24) is 20.0 Å². The fourth-order valence-corrected chi connectivity index (χ4v) is 4.79. The van der Waals surface area contributed by atoms with Crippen LogP contribution in [-0.4, -0.2) is 51.0 Å². The number of halogens is 1. The minimum atomic E-state index is -0.798. The number of hydrogen-bond donors (Lipinski definition) is 2. The summed E-state index contributed by atoms with van der Waals surface area (Å²) in [7, 11) is 0. The number of terminal acetylenes is 1. The fraction of sp³-hybridized carbons (Fsp3) is 0.417. The van der Waals surface area contributed by atoms with Crippen molar-refractivity contribution < 1.29 is 14.4 Å². The highest BCUT2D eigenvalue weighted by Gasteiger charge is 2.57. The van der Waals surface area contributed by atoms with Crippen LogP contribution in [0.5, 0.6) is 0 Å². The van der Waals surface area contributed by atoms with Gasteiger partial charge in [-0.1, -0.05) is 47.9 Å². The van der Waals surface area contributed by atoms with Crippen LogP contribution >= 0.6 is 11.6 Å². The molecular formula is C24H26ClN5O3. The first-order valence-corrected chi connectivity index (χ1v) is 11.3. The smallest absolute Gasteiger partial charge is 0.243 e. The number of aromatic nitrogens is 2. The largest absolute Gasteiger partial charge is 0.370 e. The molecule has 2 aliphatic rings. The number of nitrogens with one attached hydrogen (secondary N) is 1. The minimum absolute atomic E-state index is 0.117. The summed E-state index contributed by atoms with van der Waals surface area (Å²) in [5.74, 6) is 1.28. The minimum Gasteiger partial charge on any atom is -0.370 e. The van der Waals surface area contributed by atoms with Gasteiger partial charge in [0.2, 0.25) is 17.7 Å². The zero-order chi connectivity index (χ0) is 23.6. The van der Waals surface area contributed by atoms with Crippen LogP contribution in [0.15, 0.2) is 36.5 Å². The van der Waals surface area contributed by atoms with Gasteiger partial charge >= 0.3 is 0 Å². The Morgan fingerprint density at radius 3 is 2.67 bits per heavy atom. The van der Waals surface area contributed by atoms with E-state index in [9.17, 15) is 14.4 Å². The van der Waals surface area contributed by atoms with Gasteiger partial charge in [-0.2, -0.15) is 5.10 Å². The van der Waals surface area contributed by atoms with Crippen molar-refractivity contribution in [2.75, 3.05) is 6.54 Å². The second-order valence-corrected chi connectivity index (χ2v) is 8.99. The second kappa shape index (κ2) is 9.28. The van der Waals surface area contributed by atoms with Gasteiger partial charge in [0.15, 0.2) is 0 Å². The Morgan fingerprint density at radius 2 is 2.03 bits per heavy atom. The van der Waals surface area contributed by atoms with Crippen LogP contribution in [0.2, 0.25) is 5.15 Å². The molecule has 2 atom stereocenters. The average Bonchev–Trinajstić information content (AvgIpc) is 3.29. The maximum Gasteiger partial charge on any atom is 0.243 e. The number of benzene rings is 1. The third kappa shape index (κ3) is 4.60. The molecule has 1 aromatic carbocycles. The van der Waals surface area contributed by atoms with Crippen LogP contribution < -0.4 is 11.1 Å². The Morgan fingerprint density at radius 1 is 1.30 bits per heavy atom. The Balaban J connectivity index is 1.50. The van der Waals surface area contributed by atoms with Crippen molar-refractivity contribution in [2.45, 2.75) is 56.1 Å². The number of nitrogens with two attached hydrogens (primary N) is 1. The molecule has 0 radical (unpaired) electrons. The SMILES string of the molecule is C#C[C@H](CC(N)=O)NC(=O)C1CCCN1C(=O)C1(c2cnn(Cc3ccccc3)c2Cl)CC1. The lowest BCUT2D eigenvalue weighted by molar-refractivity contribution is -0.140. The average molecular weight is 468 g/mol. The van der Waals surface area contributed by atoms with E-state index in [0.717, 1.165) is 5.56 Å². The lowest BCUT2D eigenvalue weighted by Gasteiger charge is -2.29. The highest BCUT2D eigenvalue weighted by Crippen LogP contribution is 2.52. The fourth-order valence-electron chi connectivity index (χ4n) is 4.46. The highest BCUT2D eigenvalue weighted by molar-refractivity contribution is 6.31. The molecule has 1 aliphatic heterocycles. The van der Waals surface area contributed by atoms with Gasteiger partial charge in [-0.15, -0.1) is 6.42 Å². The van der Waals surface area contributed by atoms with Crippen LogP contribution in [0.25, 0.3) is 0 Å². The lowest BCUT2D eigenvalue weighted by Crippen LogP contribution is -2.51. The van der Waals surface area contributed by atoms with Crippen LogP contribution in [0.3, 0.4) is 0 Å². The van der Waals surface area contributed by atoms with Crippen molar-refractivity contribution in [3.05, 3.63) is 52.8 Å². The molecule has 3 N–H and O–H groups in total. The number of rotatable bonds is 8. The Hall–Kier alpha value is -3.31. The third-order valence-corrected chi connectivity index (χ3v) is 6.76. The summed E-state index contributed by atoms with van der Waals surface area (Å²) >= 11 is 6.67. The van der Waals surface area contributed by atoms with Crippen LogP contribution in [-0.2, 0) is 26.3 Å². The predicted octanol–water partition coefficient (Wildman–Crippen LogP) is 1.60. The topological polar surface area (TPSA) is 110 Å². The van der Waals surface area contributed by atoms with Crippen molar-refractivity contribution in [1.29, 1.82) is 0 Å². The van der Waals surface area contributed by atoms with Gasteiger partial charge in [0.05, 0.1) is 30.6 Å². The molecule has 33 heavy (non-hydrogen) atoms. The van der Waals surface area contributed by atoms with E-state index in [-0.39, 0.29) is 18.2 Å². The van der Waals surface area contributed by atoms with Gasteiger partial charge in [-0.25, -0.2) is 4.68 Å². The summed E-state index contributed by atoms with van der Waals surface area (Å²) < 4.78 is 1.69. The van der Waals surface area contributed by atoms with Gasteiger partial charge in [0.25, 0.3) is 0 Å². The zero-order valence-corrected chi connectivity index (χ0v) is 18.9. The van der Waals surface area contributed by atoms with E-state index in [1.807, 2.05) is 30.3 Å². The maximum absolute atomic E-state index is 13.6. The molecule has 1 aromatic heterocycles. The molecule has 1 saturated carbocycles. The van der Waals surface area contributed by atoms with E-state index in [1.54, 1.807) is 15.8 Å². The molecule has 1 unspecified atom stereocenters. The van der Waals surface area contributed by atoms with E-state index in [0.29, 0.717) is 49.5 Å². The number of carbonyl (C=O) groups excluding carboxylic acids is 3. The second-order valence-electron chi connectivity index (χ2n) is 8.63. The van der Waals surface area contributed by atoms with E-state index in [1.165, 1.54) is 0 Å². The number of amides is 3. The summed E-state index contributed by atoms with van der Waals surface area (Å²) in [6, 6.07) is 8.39. The Kier molecular flexibility index (Phi) is 6.43. The molecule has 3 amide bonds. The van der Waals surface area contributed by atoms with Crippen LogP contribution in [0, 0.1) is 12.3 Å². The first-order chi connectivity index (χ1) is 15.9. The number of carbonyl (C=O) groups is 3. The number of hydrogen-bond acceptors (Lipinski definition) is 4. The van der Waals surface area contributed by atoms with Crippen molar-refractivity contribution in [2.24, 2.45) is 5.73 Å². The van der Waals surface area contributed by atoms with E-state index in [4.69, 9.17) is 23.8 Å². The maximum atomic E-state index is 13.6. The van der Waals surface area contributed by atoms with E-state index >= 15 is 0 Å². The van der Waals surface area contributed by atoms with Gasteiger partial charge in [0, 0.05) is 12.1 Å². The Bertz CT molecular complexity index is 1100. The van der Waals surface area contributed by atoms with Gasteiger partial charge in [-0.05, 0) is 31.2 Å². The van der Waals surface area contributed by atoms with Crippen LogP contribution in [0.1, 0.15) is 43.2 Å². The molecule has 2 fully saturated rings. The van der Waals surface area contributed by atoms with E-state index in [2.05, 4.69) is 16.3 Å². The third-order valence-electron chi connectivity index (χ3n) is 6.36. The van der Waals surface area contributed by atoms with E-state index < -0.39 is 23.4 Å². The molecule has 2 aromatic rings.